The van der Waals surface area contributed by atoms with Crippen molar-refractivity contribution in [2.75, 3.05) is 6.54 Å². The minimum absolute atomic E-state index is 0.000770. The zero-order chi connectivity index (χ0) is 32.6. The second-order valence-corrected chi connectivity index (χ2v) is 13.2. The van der Waals surface area contributed by atoms with Crippen LogP contribution in [0.1, 0.15) is 61.8 Å². The van der Waals surface area contributed by atoms with Crippen molar-refractivity contribution >= 4 is 37.1 Å². The Morgan fingerprint density at radius 1 is 0.978 bits per heavy atom. The Morgan fingerprint density at radius 2 is 1.67 bits per heavy atom. The summed E-state index contributed by atoms with van der Waals surface area (Å²) in [5.74, 6) is -3.17. The lowest BCUT2D eigenvalue weighted by molar-refractivity contribution is -0.139. The van der Waals surface area contributed by atoms with E-state index in [9.17, 15) is 38.3 Å². The van der Waals surface area contributed by atoms with Gasteiger partial charge in [0, 0.05) is 19.2 Å². The van der Waals surface area contributed by atoms with Gasteiger partial charge in [-0.1, -0.05) is 48.7 Å². The number of aromatic nitrogens is 3. The molecule has 1 aliphatic heterocycles. The Balaban J connectivity index is 1.64. The van der Waals surface area contributed by atoms with E-state index in [1.165, 1.54) is 16.8 Å². The van der Waals surface area contributed by atoms with Gasteiger partial charge in [0.25, 0.3) is 0 Å². The second kappa shape index (κ2) is 14.8. The Morgan fingerprint density at radius 3 is 2.33 bits per heavy atom. The van der Waals surface area contributed by atoms with Gasteiger partial charge in [0.05, 0.1) is 18.3 Å². The van der Waals surface area contributed by atoms with Gasteiger partial charge in [0.15, 0.2) is 0 Å². The summed E-state index contributed by atoms with van der Waals surface area (Å²) in [7, 11) is -4.28. The first-order chi connectivity index (χ1) is 21.3. The molecule has 0 saturated heterocycles. The average Bonchev–Trinajstić information content (AvgIpc) is 3.41. The number of hydrogen-bond donors (Lipinski definition) is 7. The molecule has 0 radical (unpaired) electrons. The van der Waals surface area contributed by atoms with Crippen LogP contribution in [0, 0.1) is 0 Å². The van der Waals surface area contributed by atoms with Crippen LogP contribution in [-0.2, 0) is 54.1 Å². The van der Waals surface area contributed by atoms with Crippen molar-refractivity contribution in [3.63, 3.8) is 0 Å². The van der Waals surface area contributed by atoms with Crippen LogP contribution in [0.4, 0.5) is 0 Å². The smallest absolute Gasteiger partial charge is 0.329 e. The highest BCUT2D eigenvalue weighted by molar-refractivity contribution is 7.50. The molecule has 2 heterocycles. The Labute approximate surface area is 259 Å². The van der Waals surface area contributed by atoms with Crippen LogP contribution in [0.5, 0.6) is 0 Å². The van der Waals surface area contributed by atoms with E-state index < -0.39 is 67.3 Å². The minimum Gasteiger partial charge on any atom is -0.370 e. The highest BCUT2D eigenvalue weighted by atomic mass is 31.2. The molecule has 1 aromatic heterocycles. The zero-order valence-electron chi connectivity index (χ0n) is 24.7. The molecule has 2 atom stereocenters. The molecular formula is C28H39N8O8P. The fraction of sp³-hybridized carbons (Fsp3) is 0.536. The molecule has 1 spiro atoms. The summed E-state index contributed by atoms with van der Waals surface area (Å²) >= 11 is 0. The van der Waals surface area contributed by atoms with Crippen LogP contribution >= 0.6 is 7.60 Å². The molecule has 244 valence electrons. The molecular weight excluding hydrogens is 607 g/mol. The van der Waals surface area contributed by atoms with E-state index in [0.29, 0.717) is 42.5 Å². The lowest BCUT2D eigenvalue weighted by Crippen LogP contribution is -2.65. The molecule has 8 N–H and O–H groups in total. The van der Waals surface area contributed by atoms with Crippen molar-refractivity contribution in [1.29, 1.82) is 0 Å². The van der Waals surface area contributed by atoms with Crippen molar-refractivity contribution < 1.29 is 38.3 Å². The number of benzene rings is 1. The van der Waals surface area contributed by atoms with Gasteiger partial charge >= 0.3 is 7.60 Å². The number of hydrogen-bond acceptors (Lipinski definition) is 8. The van der Waals surface area contributed by atoms with Crippen molar-refractivity contribution in [3.8, 4) is 0 Å². The normalized spacial score (nSPS) is 21.9. The number of nitrogens with zero attached hydrogens (tertiary/aromatic N) is 3. The van der Waals surface area contributed by atoms with Gasteiger partial charge in [0.1, 0.15) is 24.2 Å². The van der Waals surface area contributed by atoms with E-state index in [2.05, 4.69) is 31.6 Å². The van der Waals surface area contributed by atoms with Gasteiger partial charge in [-0.05, 0) is 36.8 Å². The van der Waals surface area contributed by atoms with Crippen LogP contribution < -0.4 is 27.0 Å². The van der Waals surface area contributed by atoms with Gasteiger partial charge in [0.2, 0.25) is 29.5 Å². The van der Waals surface area contributed by atoms with Crippen LogP contribution in [0.15, 0.2) is 30.5 Å². The Kier molecular flexibility index (Phi) is 11.1. The Bertz CT molecular complexity index is 1450. The summed E-state index contributed by atoms with van der Waals surface area (Å²) in [6, 6.07) is 3.88. The maximum absolute atomic E-state index is 13.9. The number of aryl methyl sites for hydroxylation is 1. The summed E-state index contributed by atoms with van der Waals surface area (Å²) in [4.78, 5) is 84.2. The first-order valence-corrected chi connectivity index (χ1v) is 16.6. The monoisotopic (exact) mass is 646 g/mol. The number of amides is 5. The predicted octanol–water partition coefficient (Wildman–Crippen LogP) is -1.07. The van der Waals surface area contributed by atoms with E-state index >= 15 is 0 Å². The molecule has 0 unspecified atom stereocenters. The van der Waals surface area contributed by atoms with Crippen molar-refractivity contribution in [2.45, 2.75) is 88.1 Å². The summed E-state index contributed by atoms with van der Waals surface area (Å²) in [6.45, 7) is -0.00364. The number of fused-ring (bicyclic) bond motifs is 2. The number of rotatable bonds is 6. The maximum atomic E-state index is 13.9. The lowest BCUT2D eigenvalue weighted by atomic mass is 9.80. The molecule has 1 aliphatic carbocycles. The zero-order valence-corrected chi connectivity index (χ0v) is 25.6. The van der Waals surface area contributed by atoms with Gasteiger partial charge < -0.3 is 36.8 Å². The van der Waals surface area contributed by atoms with E-state index in [0.717, 1.165) is 6.42 Å². The highest BCUT2D eigenvalue weighted by Gasteiger charge is 2.43. The molecule has 2 aromatic rings. The summed E-state index contributed by atoms with van der Waals surface area (Å²) < 4.78 is 12.7. The third-order valence-corrected chi connectivity index (χ3v) is 8.61. The third-order valence-electron chi connectivity index (χ3n) is 7.84. The van der Waals surface area contributed by atoms with E-state index in [1.54, 1.807) is 18.3 Å². The standard InChI is InChI=1S/C28H39N8O8P/c29-23(37)14-22-25(39)30-12-4-5-20-15-36(35-34-20)16-24(38)31-21(13-18-6-8-19(9-7-18)17-45(42,43)44)26(40)33-28(27(41)32-22)10-2-1-3-11-28/h6-9,15,21-22H,1-5,10-14,16-17H2,(H2,29,37)(H,30,39)(H,31,38)(H,32,41)(H,33,40)(H2,42,43,44)/t21-,22+/m1/s1. The molecule has 5 amide bonds. The quantitative estimate of drug-likeness (QED) is 0.187. The first-order valence-electron chi connectivity index (χ1n) is 14.8. The molecule has 2 bridgehead atoms. The molecule has 4 rings (SSSR count). The molecule has 1 saturated carbocycles. The van der Waals surface area contributed by atoms with Crippen molar-refractivity contribution in [2.24, 2.45) is 5.73 Å². The third kappa shape index (κ3) is 9.93. The van der Waals surface area contributed by atoms with E-state index in [1.807, 2.05) is 0 Å². The molecule has 2 aliphatic rings. The van der Waals surface area contributed by atoms with Gasteiger partial charge in [-0.2, -0.15) is 0 Å². The topological polar surface area (TPSA) is 248 Å². The molecule has 16 nitrogen and oxygen atoms in total. The van der Waals surface area contributed by atoms with Crippen LogP contribution in [-0.4, -0.2) is 78.5 Å². The van der Waals surface area contributed by atoms with E-state index in [4.69, 9.17) is 5.73 Å². The molecule has 17 heteroatoms. The van der Waals surface area contributed by atoms with Gasteiger partial charge in [-0.3, -0.25) is 28.5 Å². The number of carbonyl (C=O) groups excluding carboxylic acids is 5. The van der Waals surface area contributed by atoms with E-state index in [-0.39, 0.29) is 32.4 Å². The fourth-order valence-electron chi connectivity index (χ4n) is 5.58. The average molecular weight is 647 g/mol. The van der Waals surface area contributed by atoms with Crippen molar-refractivity contribution in [1.82, 2.24) is 36.3 Å². The summed E-state index contributed by atoms with van der Waals surface area (Å²) in [5.41, 5.74) is 5.55. The number of nitrogens with two attached hydrogens (primary N) is 1. The van der Waals surface area contributed by atoms with Gasteiger partial charge in [-0.25, -0.2) is 4.68 Å². The van der Waals surface area contributed by atoms with Crippen molar-refractivity contribution in [3.05, 3.63) is 47.3 Å². The lowest BCUT2D eigenvalue weighted by Gasteiger charge is -2.38. The summed E-state index contributed by atoms with van der Waals surface area (Å²) in [6.07, 6.45) is 4.23. The molecule has 1 aromatic carbocycles. The molecule has 1 fully saturated rings. The largest absolute Gasteiger partial charge is 0.370 e. The predicted molar refractivity (Wildman–Crippen MR) is 159 cm³/mol. The second-order valence-electron chi connectivity index (χ2n) is 11.6. The minimum atomic E-state index is -4.28. The molecule has 45 heavy (non-hydrogen) atoms. The fourth-order valence-corrected chi connectivity index (χ4v) is 6.27. The number of primary amides is 1. The highest BCUT2D eigenvalue weighted by Crippen LogP contribution is 2.39. The number of carbonyl (C=O) groups is 5. The van der Waals surface area contributed by atoms with Crippen LogP contribution in [0.2, 0.25) is 0 Å². The number of nitrogens with one attached hydrogen (secondary N) is 4. The van der Waals surface area contributed by atoms with Gasteiger partial charge in [-0.15, -0.1) is 5.10 Å². The van der Waals surface area contributed by atoms with Crippen LogP contribution in [0.25, 0.3) is 0 Å². The first kappa shape index (κ1) is 33.7. The SMILES string of the molecule is NC(=O)C[C@@H]1NC(=O)C2(CCCCC2)NC(=O)[C@@H](Cc2ccc(CP(=O)(O)O)cc2)NC(=O)Cn2cc(nn2)CCCNC1=O. The van der Waals surface area contributed by atoms with Crippen LogP contribution in [0.3, 0.4) is 0 Å². The maximum Gasteiger partial charge on any atom is 0.329 e. The summed E-state index contributed by atoms with van der Waals surface area (Å²) in [5, 5.41) is 19.0. The Hall–Kier alpha value is -4.14.